The Kier molecular flexibility index (Phi) is 8.18. The van der Waals surface area contributed by atoms with Gasteiger partial charge in [0.05, 0.1) is 11.6 Å². The van der Waals surface area contributed by atoms with E-state index in [1.54, 1.807) is 18.2 Å². The average Bonchev–Trinajstić information content (AvgIpc) is 3.35. The maximum atomic E-state index is 14.5. The molecule has 0 radical (unpaired) electrons. The van der Waals surface area contributed by atoms with Crippen LogP contribution in [0.15, 0.2) is 66.9 Å². The van der Waals surface area contributed by atoms with E-state index in [0.29, 0.717) is 0 Å². The number of hydrogen-bond donors (Lipinski definition) is 0. The van der Waals surface area contributed by atoms with E-state index in [9.17, 15) is 32.8 Å². The highest BCUT2D eigenvalue weighted by Gasteiger charge is 2.47. The van der Waals surface area contributed by atoms with Crippen LogP contribution in [-0.2, 0) is 14.3 Å². The minimum atomic E-state index is -2.76. The SMILES string of the molecule is N#Cc1ccnc(N2C(=O)OC[C@H]2C(=O)N(c2cccc(F)c2)[C@H](C(=O)CCC2CC(F)(F)C2)c2ccccc2Cl)c1. The highest BCUT2D eigenvalue weighted by molar-refractivity contribution is 6.31. The molecule has 2 amide bonds. The van der Waals surface area contributed by atoms with Crippen molar-refractivity contribution in [2.75, 3.05) is 16.4 Å². The predicted molar refractivity (Wildman–Crippen MR) is 147 cm³/mol. The Hall–Kier alpha value is -4.43. The number of halogens is 4. The number of hydrogen-bond acceptors (Lipinski definition) is 6. The molecule has 1 saturated heterocycles. The maximum Gasteiger partial charge on any atom is 0.416 e. The number of alkyl halides is 2. The number of ether oxygens (including phenoxy) is 1. The number of amides is 2. The van der Waals surface area contributed by atoms with Gasteiger partial charge in [0.15, 0.2) is 11.8 Å². The smallest absolute Gasteiger partial charge is 0.416 e. The van der Waals surface area contributed by atoms with Gasteiger partial charge in [0.1, 0.15) is 24.3 Å². The first-order valence-electron chi connectivity index (χ1n) is 13.1. The number of anilines is 2. The van der Waals surface area contributed by atoms with Gasteiger partial charge >= 0.3 is 6.09 Å². The summed E-state index contributed by atoms with van der Waals surface area (Å²) in [5.41, 5.74) is 0.423. The Morgan fingerprint density at radius 3 is 2.62 bits per heavy atom. The van der Waals surface area contributed by atoms with Gasteiger partial charge in [-0.2, -0.15) is 5.26 Å². The van der Waals surface area contributed by atoms with Gasteiger partial charge in [0.2, 0.25) is 5.92 Å². The largest absolute Gasteiger partial charge is 0.446 e. The zero-order chi connectivity index (χ0) is 30.0. The van der Waals surface area contributed by atoms with Gasteiger partial charge in [-0.05, 0) is 48.7 Å². The second kappa shape index (κ2) is 11.8. The highest BCUT2D eigenvalue weighted by atomic mass is 35.5. The molecule has 5 rings (SSSR count). The third-order valence-corrected chi connectivity index (χ3v) is 7.68. The number of cyclic esters (lactones) is 1. The molecule has 3 aromatic rings. The molecule has 42 heavy (non-hydrogen) atoms. The quantitative estimate of drug-likeness (QED) is 0.290. The third kappa shape index (κ3) is 5.94. The summed E-state index contributed by atoms with van der Waals surface area (Å²) in [6, 6.07) is 13.3. The lowest BCUT2D eigenvalue weighted by molar-refractivity contribution is -0.128. The first kappa shape index (κ1) is 29.1. The van der Waals surface area contributed by atoms with Crippen LogP contribution in [0.25, 0.3) is 0 Å². The number of nitrogens with zero attached hydrogens (tertiary/aromatic N) is 4. The molecule has 0 bridgehead atoms. The maximum absolute atomic E-state index is 14.5. The first-order chi connectivity index (χ1) is 20.1. The van der Waals surface area contributed by atoms with Crippen molar-refractivity contribution >= 4 is 40.9 Å². The zero-order valence-corrected chi connectivity index (χ0v) is 22.8. The van der Waals surface area contributed by atoms with Gasteiger partial charge in [-0.1, -0.05) is 35.9 Å². The summed E-state index contributed by atoms with van der Waals surface area (Å²) < 4.78 is 46.6. The molecular weight excluding hydrogens is 573 g/mol. The lowest BCUT2D eigenvalue weighted by Gasteiger charge is -2.37. The highest BCUT2D eigenvalue weighted by Crippen LogP contribution is 2.45. The zero-order valence-electron chi connectivity index (χ0n) is 22.1. The summed E-state index contributed by atoms with van der Waals surface area (Å²) in [6.45, 7) is -0.414. The molecule has 0 unspecified atom stereocenters. The Morgan fingerprint density at radius 2 is 1.93 bits per heavy atom. The molecule has 216 valence electrons. The van der Waals surface area contributed by atoms with Gasteiger partial charge in [0.25, 0.3) is 5.91 Å². The molecule has 2 aromatic carbocycles. The average molecular weight is 597 g/mol. The number of pyridine rings is 1. The summed E-state index contributed by atoms with van der Waals surface area (Å²) in [4.78, 5) is 47.3. The van der Waals surface area contributed by atoms with Gasteiger partial charge in [-0.25, -0.2) is 27.8 Å². The van der Waals surface area contributed by atoms with E-state index < -0.39 is 48.2 Å². The summed E-state index contributed by atoms with van der Waals surface area (Å²) >= 11 is 6.52. The van der Waals surface area contributed by atoms with Crippen molar-refractivity contribution < 1.29 is 32.3 Å². The van der Waals surface area contributed by atoms with Crippen LogP contribution < -0.4 is 9.80 Å². The fraction of sp³-hybridized carbons (Fsp3) is 0.300. The van der Waals surface area contributed by atoms with Crippen molar-refractivity contribution in [1.82, 2.24) is 4.98 Å². The second-order valence-corrected chi connectivity index (χ2v) is 10.6. The van der Waals surface area contributed by atoms with E-state index in [1.807, 2.05) is 6.07 Å². The standard InChI is InChI=1S/C30H24ClF3N4O4/c31-23-7-2-1-6-22(23)27(25(39)9-8-19-14-30(33,34)15-19)37(21-5-3-4-20(32)13-21)28(40)24-17-42-29(41)38(24)26-12-18(16-35)10-11-36-26/h1-7,10-13,19,24,27H,8-9,14-15,17H2/t24-,27-/m0/s1. The van der Waals surface area contributed by atoms with E-state index in [-0.39, 0.29) is 59.3 Å². The van der Waals surface area contributed by atoms with Crippen molar-refractivity contribution in [3.63, 3.8) is 0 Å². The van der Waals surface area contributed by atoms with Gasteiger partial charge < -0.3 is 4.74 Å². The van der Waals surface area contributed by atoms with Crippen molar-refractivity contribution in [1.29, 1.82) is 5.26 Å². The van der Waals surface area contributed by atoms with Gasteiger partial charge in [-0.3, -0.25) is 14.5 Å². The van der Waals surface area contributed by atoms with Crippen LogP contribution in [-0.4, -0.2) is 41.3 Å². The number of carbonyl (C=O) groups is 3. The second-order valence-electron chi connectivity index (χ2n) is 10.2. The minimum Gasteiger partial charge on any atom is -0.446 e. The monoisotopic (exact) mass is 596 g/mol. The van der Waals surface area contributed by atoms with Crippen LogP contribution in [0.3, 0.4) is 0 Å². The molecule has 8 nitrogen and oxygen atoms in total. The molecule has 1 aliphatic carbocycles. The van der Waals surface area contributed by atoms with Crippen LogP contribution in [0.5, 0.6) is 0 Å². The van der Waals surface area contributed by atoms with E-state index in [0.717, 1.165) is 15.9 Å². The Labute approximate surface area is 244 Å². The lowest BCUT2D eigenvalue weighted by Crippen LogP contribution is -2.51. The molecule has 2 aliphatic rings. The van der Waals surface area contributed by atoms with Crippen LogP contribution in [0.1, 0.15) is 42.9 Å². The molecule has 1 aliphatic heterocycles. The predicted octanol–water partition coefficient (Wildman–Crippen LogP) is 6.24. The number of ketones is 1. The Balaban J connectivity index is 1.57. The number of rotatable bonds is 9. The molecular formula is C30H24ClF3N4O4. The van der Waals surface area contributed by atoms with E-state index in [4.69, 9.17) is 16.3 Å². The fourth-order valence-corrected chi connectivity index (χ4v) is 5.53. The summed E-state index contributed by atoms with van der Waals surface area (Å²) in [5, 5.41) is 9.47. The van der Waals surface area contributed by atoms with Crippen molar-refractivity contribution in [2.24, 2.45) is 5.92 Å². The Bertz CT molecular complexity index is 1570. The van der Waals surface area contributed by atoms with Crippen LogP contribution >= 0.6 is 11.6 Å². The number of nitriles is 1. The molecule has 2 fully saturated rings. The van der Waals surface area contributed by atoms with Gasteiger partial charge in [-0.15, -0.1) is 0 Å². The van der Waals surface area contributed by atoms with E-state index >= 15 is 0 Å². The normalized spacial score (nSPS) is 18.5. The summed E-state index contributed by atoms with van der Waals surface area (Å²) in [7, 11) is 0. The fourth-order valence-electron chi connectivity index (χ4n) is 5.29. The van der Waals surface area contributed by atoms with Crippen molar-refractivity contribution in [3.8, 4) is 6.07 Å². The van der Waals surface area contributed by atoms with Crippen molar-refractivity contribution in [3.05, 3.63) is 88.8 Å². The molecule has 2 atom stereocenters. The van der Waals surface area contributed by atoms with Crippen LogP contribution in [0.2, 0.25) is 5.02 Å². The molecule has 0 N–H and O–H groups in total. The van der Waals surface area contributed by atoms with E-state index in [2.05, 4.69) is 4.98 Å². The number of carbonyl (C=O) groups excluding carboxylic acids is 3. The minimum absolute atomic E-state index is 0.00600. The summed E-state index contributed by atoms with van der Waals surface area (Å²) in [5.74, 6) is -5.13. The molecule has 0 spiro atoms. The van der Waals surface area contributed by atoms with E-state index in [1.165, 1.54) is 42.6 Å². The van der Waals surface area contributed by atoms with Crippen LogP contribution in [0, 0.1) is 23.1 Å². The first-order valence-corrected chi connectivity index (χ1v) is 13.5. The van der Waals surface area contributed by atoms with Crippen LogP contribution in [0.4, 0.5) is 29.5 Å². The molecule has 12 heteroatoms. The summed E-state index contributed by atoms with van der Waals surface area (Å²) in [6.07, 6.45) is -0.232. The molecule has 2 heterocycles. The third-order valence-electron chi connectivity index (χ3n) is 7.34. The Morgan fingerprint density at radius 1 is 1.17 bits per heavy atom. The topological polar surface area (TPSA) is 104 Å². The number of Topliss-reactive ketones (excluding diaryl/α,β-unsaturated/α-hetero) is 1. The lowest BCUT2D eigenvalue weighted by atomic mass is 9.77. The number of benzene rings is 2. The van der Waals surface area contributed by atoms with Crippen molar-refractivity contribution in [2.45, 2.75) is 43.7 Å². The molecule has 1 saturated carbocycles. The van der Waals surface area contributed by atoms with Gasteiger partial charge in [0, 0.05) is 41.7 Å². The number of aromatic nitrogens is 1. The molecule has 1 aromatic heterocycles.